The van der Waals surface area contributed by atoms with Crippen LogP contribution < -0.4 is 4.72 Å². The first kappa shape index (κ1) is 17.4. The van der Waals surface area contributed by atoms with E-state index in [0.29, 0.717) is 11.5 Å². The average molecular weight is 320 g/mol. The number of hydrogen-bond acceptors (Lipinski definition) is 3. The molecule has 1 aromatic carbocycles. The molecule has 4 nitrogen and oxygen atoms in total. The topological polar surface area (TPSA) is 66.4 Å². The zero-order valence-electron chi connectivity index (χ0n) is 12.1. The Bertz CT molecular complexity index is 545. The van der Waals surface area contributed by atoms with Crippen molar-refractivity contribution in [1.82, 2.24) is 4.72 Å². The van der Waals surface area contributed by atoms with E-state index >= 15 is 0 Å². The largest absolute Gasteiger partial charge is 0.392 e. The summed E-state index contributed by atoms with van der Waals surface area (Å²) in [6, 6.07) is 4.21. The van der Waals surface area contributed by atoms with Gasteiger partial charge in [-0.25, -0.2) is 13.1 Å². The van der Waals surface area contributed by atoms with Crippen LogP contribution in [-0.4, -0.2) is 19.6 Å². The van der Waals surface area contributed by atoms with Gasteiger partial charge >= 0.3 is 0 Å². The summed E-state index contributed by atoms with van der Waals surface area (Å²) in [5.74, 6) is 0.466. The Hall–Kier alpha value is -0.620. The lowest BCUT2D eigenvalue weighted by atomic mass is 10.0. The van der Waals surface area contributed by atoms with Gasteiger partial charge in [0.1, 0.15) is 0 Å². The van der Waals surface area contributed by atoms with E-state index in [1.165, 1.54) is 18.2 Å². The summed E-state index contributed by atoms with van der Waals surface area (Å²) < 4.78 is 27.1. The van der Waals surface area contributed by atoms with Gasteiger partial charge in [-0.1, -0.05) is 37.9 Å². The van der Waals surface area contributed by atoms with Crippen LogP contribution >= 0.6 is 11.6 Å². The van der Waals surface area contributed by atoms with Crippen molar-refractivity contribution in [2.75, 3.05) is 0 Å². The van der Waals surface area contributed by atoms with E-state index in [1.54, 1.807) is 0 Å². The second kappa shape index (κ2) is 7.41. The molecule has 0 aromatic heterocycles. The molecule has 1 aromatic rings. The number of nitrogens with one attached hydrogen (secondary N) is 1. The van der Waals surface area contributed by atoms with Crippen LogP contribution in [0.15, 0.2) is 23.1 Å². The van der Waals surface area contributed by atoms with Crippen molar-refractivity contribution >= 4 is 21.6 Å². The lowest BCUT2D eigenvalue weighted by Crippen LogP contribution is -2.33. The fourth-order valence-corrected chi connectivity index (χ4v) is 3.56. The van der Waals surface area contributed by atoms with Crippen molar-refractivity contribution in [3.63, 3.8) is 0 Å². The van der Waals surface area contributed by atoms with Crippen LogP contribution in [0.3, 0.4) is 0 Å². The van der Waals surface area contributed by atoms with Gasteiger partial charge in [-0.05, 0) is 37.0 Å². The van der Waals surface area contributed by atoms with Crippen molar-refractivity contribution in [3.8, 4) is 0 Å². The molecule has 0 bridgehead atoms. The molecule has 1 rings (SSSR count). The summed E-state index contributed by atoms with van der Waals surface area (Å²) in [5, 5.41) is 9.29. The Morgan fingerprint density at radius 2 is 2.00 bits per heavy atom. The van der Waals surface area contributed by atoms with Crippen LogP contribution in [0.5, 0.6) is 0 Å². The number of benzene rings is 1. The lowest BCUT2D eigenvalue weighted by molar-refractivity contribution is 0.282. The molecule has 0 saturated carbocycles. The molecule has 2 atom stereocenters. The first-order valence-electron chi connectivity index (χ1n) is 6.71. The van der Waals surface area contributed by atoms with Crippen molar-refractivity contribution in [1.29, 1.82) is 0 Å². The van der Waals surface area contributed by atoms with Crippen LogP contribution in [0.4, 0.5) is 0 Å². The molecule has 0 spiro atoms. The molecule has 0 saturated heterocycles. The van der Waals surface area contributed by atoms with Gasteiger partial charge in [0.15, 0.2) is 0 Å². The molecule has 0 heterocycles. The van der Waals surface area contributed by atoms with Crippen molar-refractivity contribution < 1.29 is 13.5 Å². The van der Waals surface area contributed by atoms with E-state index in [-0.39, 0.29) is 22.6 Å². The molecule has 0 fully saturated rings. The normalized spacial score (nSPS) is 15.1. The third kappa shape index (κ3) is 4.74. The molecular formula is C14H22ClNO3S. The summed E-state index contributed by atoms with van der Waals surface area (Å²) in [4.78, 5) is 0.121. The van der Waals surface area contributed by atoms with E-state index in [0.717, 1.165) is 12.8 Å². The molecule has 0 aliphatic heterocycles. The van der Waals surface area contributed by atoms with Crippen molar-refractivity contribution in [2.45, 2.75) is 51.2 Å². The van der Waals surface area contributed by atoms with Gasteiger partial charge in [-0.3, -0.25) is 0 Å². The second-order valence-corrected chi connectivity index (χ2v) is 7.30. The average Bonchev–Trinajstić information content (AvgIpc) is 2.37. The predicted octanol–water partition coefficient (Wildman–Crippen LogP) is 2.94. The van der Waals surface area contributed by atoms with Crippen molar-refractivity contribution in [3.05, 3.63) is 28.8 Å². The van der Waals surface area contributed by atoms with Gasteiger partial charge in [0, 0.05) is 11.1 Å². The van der Waals surface area contributed by atoms with E-state index in [4.69, 9.17) is 16.7 Å². The zero-order chi connectivity index (χ0) is 15.3. The monoisotopic (exact) mass is 319 g/mol. The molecule has 0 amide bonds. The third-order valence-corrected chi connectivity index (χ3v) is 5.25. The second-order valence-electron chi connectivity index (χ2n) is 5.18. The number of halogens is 1. The summed E-state index contributed by atoms with van der Waals surface area (Å²) in [7, 11) is -3.58. The smallest absolute Gasteiger partial charge is 0.240 e. The minimum absolute atomic E-state index is 0.121. The van der Waals surface area contributed by atoms with E-state index < -0.39 is 10.0 Å². The lowest BCUT2D eigenvalue weighted by Gasteiger charge is -2.18. The first-order valence-corrected chi connectivity index (χ1v) is 8.57. The van der Waals surface area contributed by atoms with Crippen LogP contribution in [0.1, 0.15) is 39.2 Å². The highest BCUT2D eigenvalue weighted by Gasteiger charge is 2.19. The summed E-state index contributed by atoms with van der Waals surface area (Å²) in [6.45, 7) is 5.82. The van der Waals surface area contributed by atoms with E-state index in [1.807, 2.05) is 6.92 Å². The molecule has 0 aliphatic carbocycles. The van der Waals surface area contributed by atoms with Crippen LogP contribution in [0.25, 0.3) is 0 Å². The van der Waals surface area contributed by atoms with Crippen LogP contribution in [0, 0.1) is 5.92 Å². The highest BCUT2D eigenvalue weighted by atomic mass is 35.5. The Morgan fingerprint density at radius 3 is 2.50 bits per heavy atom. The van der Waals surface area contributed by atoms with Gasteiger partial charge in [-0.2, -0.15) is 0 Å². The molecule has 0 aliphatic rings. The number of sulfonamides is 1. The number of aliphatic hydroxyl groups excluding tert-OH is 1. The molecule has 114 valence electrons. The van der Waals surface area contributed by atoms with Gasteiger partial charge in [0.05, 0.1) is 11.5 Å². The predicted molar refractivity (Wildman–Crippen MR) is 81.2 cm³/mol. The maximum Gasteiger partial charge on any atom is 0.240 e. The minimum Gasteiger partial charge on any atom is -0.392 e. The van der Waals surface area contributed by atoms with Crippen LogP contribution in [-0.2, 0) is 16.6 Å². The molecular weight excluding hydrogens is 298 g/mol. The number of aliphatic hydroxyl groups is 1. The Kier molecular flexibility index (Phi) is 6.45. The molecule has 0 radical (unpaired) electrons. The van der Waals surface area contributed by atoms with Gasteiger partial charge in [-0.15, -0.1) is 0 Å². The first-order chi connectivity index (χ1) is 9.30. The zero-order valence-corrected chi connectivity index (χ0v) is 13.6. The highest BCUT2D eigenvalue weighted by Crippen LogP contribution is 2.21. The SMILES string of the molecule is CCC(C)CC(C)NS(=O)(=O)c1ccc(CO)c(Cl)c1. The number of hydrogen-bond donors (Lipinski definition) is 2. The van der Waals surface area contributed by atoms with E-state index in [9.17, 15) is 8.42 Å². The van der Waals surface area contributed by atoms with Gasteiger partial charge < -0.3 is 5.11 Å². The maximum absolute atomic E-state index is 12.2. The standard InChI is InChI=1S/C14H22ClNO3S/c1-4-10(2)7-11(3)16-20(18,19)13-6-5-12(9-17)14(15)8-13/h5-6,8,10-11,16-17H,4,7,9H2,1-3H3. The minimum atomic E-state index is -3.58. The van der Waals surface area contributed by atoms with Crippen LogP contribution in [0.2, 0.25) is 5.02 Å². The molecule has 2 N–H and O–H groups in total. The Labute approximate surface area is 126 Å². The fourth-order valence-electron chi connectivity index (χ4n) is 1.97. The van der Waals surface area contributed by atoms with Gasteiger partial charge in [0.2, 0.25) is 10.0 Å². The van der Waals surface area contributed by atoms with E-state index in [2.05, 4.69) is 18.6 Å². The summed E-state index contributed by atoms with van der Waals surface area (Å²) >= 11 is 5.93. The number of rotatable bonds is 7. The molecule has 20 heavy (non-hydrogen) atoms. The Morgan fingerprint density at radius 1 is 1.35 bits per heavy atom. The third-order valence-electron chi connectivity index (χ3n) is 3.31. The quantitative estimate of drug-likeness (QED) is 0.812. The highest BCUT2D eigenvalue weighted by molar-refractivity contribution is 7.89. The summed E-state index contributed by atoms with van der Waals surface area (Å²) in [5.41, 5.74) is 0.512. The Balaban J connectivity index is 2.86. The fraction of sp³-hybridized carbons (Fsp3) is 0.571. The van der Waals surface area contributed by atoms with Crippen molar-refractivity contribution in [2.24, 2.45) is 5.92 Å². The van der Waals surface area contributed by atoms with Gasteiger partial charge in [0.25, 0.3) is 0 Å². The summed E-state index contributed by atoms with van der Waals surface area (Å²) in [6.07, 6.45) is 1.81. The molecule has 6 heteroatoms. The maximum atomic E-state index is 12.2. The molecule has 2 unspecified atom stereocenters.